The summed E-state index contributed by atoms with van der Waals surface area (Å²) in [5, 5.41) is 2.12. The molecule has 2 rings (SSSR count). The number of rotatable bonds is 1. The first-order chi connectivity index (χ1) is 9.60. The van der Waals surface area contributed by atoms with Gasteiger partial charge in [-0.1, -0.05) is 0 Å². The van der Waals surface area contributed by atoms with Crippen molar-refractivity contribution in [2.24, 2.45) is 0 Å². The summed E-state index contributed by atoms with van der Waals surface area (Å²) in [7, 11) is 1.20. The van der Waals surface area contributed by atoms with E-state index in [1.807, 2.05) is 0 Å². The second-order valence-corrected chi connectivity index (χ2v) is 4.37. The van der Waals surface area contributed by atoms with Crippen LogP contribution in [0.4, 0.5) is 19.7 Å². The molecule has 0 unspecified atom stereocenters. The van der Waals surface area contributed by atoms with Gasteiger partial charge in [-0.25, -0.2) is 19.3 Å². The predicted molar refractivity (Wildman–Crippen MR) is 71.1 cm³/mol. The van der Waals surface area contributed by atoms with Gasteiger partial charge in [-0.2, -0.15) is 0 Å². The lowest BCUT2D eigenvalue weighted by molar-refractivity contribution is 0.160. The number of amides is 3. The minimum atomic E-state index is -0.768. The van der Waals surface area contributed by atoms with E-state index in [4.69, 9.17) is 0 Å². The predicted octanol–water partition coefficient (Wildman–Crippen LogP) is 1.42. The first kappa shape index (κ1) is 14.1. The summed E-state index contributed by atoms with van der Waals surface area (Å²) >= 11 is 0. The van der Waals surface area contributed by atoms with E-state index < -0.39 is 12.1 Å². The van der Waals surface area contributed by atoms with Gasteiger partial charge < -0.3 is 14.5 Å². The van der Waals surface area contributed by atoms with Crippen molar-refractivity contribution in [2.75, 3.05) is 38.2 Å². The van der Waals surface area contributed by atoms with Gasteiger partial charge in [0.2, 0.25) is 0 Å². The Labute approximate surface area is 116 Å². The molecule has 1 fully saturated rings. The van der Waals surface area contributed by atoms with Crippen LogP contribution in [-0.2, 0) is 4.74 Å². The Morgan fingerprint density at radius 3 is 2.30 bits per heavy atom. The zero-order chi connectivity index (χ0) is 14.5. The van der Waals surface area contributed by atoms with Crippen molar-refractivity contribution >= 4 is 17.8 Å². The van der Waals surface area contributed by atoms with E-state index in [-0.39, 0.29) is 5.82 Å². The molecule has 0 aliphatic carbocycles. The van der Waals surface area contributed by atoms with Crippen LogP contribution in [0.3, 0.4) is 0 Å². The van der Waals surface area contributed by atoms with Gasteiger partial charge in [0.25, 0.3) is 0 Å². The van der Waals surface area contributed by atoms with Crippen LogP contribution in [0.25, 0.3) is 0 Å². The first-order valence-electron chi connectivity index (χ1n) is 6.24. The van der Waals surface area contributed by atoms with E-state index in [9.17, 15) is 14.0 Å². The lowest BCUT2D eigenvalue weighted by Crippen LogP contribution is -2.52. The number of methoxy groups -OCH3 is 1. The summed E-state index contributed by atoms with van der Waals surface area (Å²) < 4.78 is 17.2. The Hall–Kier alpha value is -2.31. The summed E-state index contributed by atoms with van der Waals surface area (Å²) in [4.78, 5) is 26.3. The van der Waals surface area contributed by atoms with Gasteiger partial charge in [-0.15, -0.1) is 0 Å². The van der Waals surface area contributed by atoms with Crippen molar-refractivity contribution in [3.8, 4) is 0 Å². The number of imide groups is 1. The molecule has 1 heterocycles. The maximum absolute atomic E-state index is 12.9. The lowest BCUT2D eigenvalue weighted by Gasteiger charge is -2.35. The van der Waals surface area contributed by atoms with Crippen LogP contribution in [0, 0.1) is 5.82 Å². The van der Waals surface area contributed by atoms with E-state index >= 15 is 0 Å². The monoisotopic (exact) mass is 281 g/mol. The van der Waals surface area contributed by atoms with E-state index in [0.717, 1.165) is 5.69 Å². The van der Waals surface area contributed by atoms with Gasteiger partial charge in [-0.05, 0) is 24.3 Å². The number of carbonyl (C=O) groups is 2. The first-order valence-corrected chi connectivity index (χ1v) is 6.24. The van der Waals surface area contributed by atoms with Gasteiger partial charge in [-0.3, -0.25) is 0 Å². The third kappa shape index (κ3) is 3.37. The zero-order valence-electron chi connectivity index (χ0n) is 11.1. The molecule has 1 aliphatic rings. The highest BCUT2D eigenvalue weighted by atomic mass is 19.1. The van der Waals surface area contributed by atoms with Gasteiger partial charge >= 0.3 is 12.1 Å². The van der Waals surface area contributed by atoms with Crippen molar-refractivity contribution in [1.29, 1.82) is 0 Å². The minimum absolute atomic E-state index is 0.273. The van der Waals surface area contributed by atoms with Crippen molar-refractivity contribution in [1.82, 2.24) is 10.2 Å². The Morgan fingerprint density at radius 1 is 1.15 bits per heavy atom. The third-order valence-corrected chi connectivity index (χ3v) is 3.15. The zero-order valence-corrected chi connectivity index (χ0v) is 11.1. The van der Waals surface area contributed by atoms with E-state index in [0.29, 0.717) is 26.2 Å². The summed E-state index contributed by atoms with van der Waals surface area (Å²) in [6, 6.07) is 5.77. The second-order valence-electron chi connectivity index (χ2n) is 4.37. The molecule has 3 amide bonds. The largest absolute Gasteiger partial charge is 0.453 e. The number of hydrogen-bond acceptors (Lipinski definition) is 4. The van der Waals surface area contributed by atoms with Crippen molar-refractivity contribution in [3.63, 3.8) is 0 Å². The Balaban J connectivity index is 1.87. The number of nitrogens with zero attached hydrogens (tertiary/aromatic N) is 2. The van der Waals surface area contributed by atoms with Crippen LogP contribution in [0.5, 0.6) is 0 Å². The molecule has 1 aliphatic heterocycles. The van der Waals surface area contributed by atoms with Gasteiger partial charge in [0.1, 0.15) is 5.82 Å². The summed E-state index contributed by atoms with van der Waals surface area (Å²) in [5.74, 6) is -0.273. The highest BCUT2D eigenvalue weighted by molar-refractivity contribution is 5.90. The van der Waals surface area contributed by atoms with Crippen LogP contribution in [-0.4, -0.2) is 50.3 Å². The lowest BCUT2D eigenvalue weighted by atomic mass is 10.2. The molecule has 0 aromatic heterocycles. The van der Waals surface area contributed by atoms with Crippen LogP contribution in [0.1, 0.15) is 0 Å². The molecule has 1 N–H and O–H groups in total. The Kier molecular flexibility index (Phi) is 4.39. The molecule has 0 atom stereocenters. The highest BCUT2D eigenvalue weighted by Gasteiger charge is 2.22. The summed E-state index contributed by atoms with van der Waals surface area (Å²) in [5.41, 5.74) is 0.916. The number of benzene rings is 1. The highest BCUT2D eigenvalue weighted by Crippen LogP contribution is 2.16. The molecule has 108 valence electrons. The maximum Gasteiger partial charge on any atom is 0.415 e. The standard InChI is InChI=1S/C13H16FN3O3/c1-20-13(19)15-12(18)17-8-6-16(7-9-17)11-4-2-10(14)3-5-11/h2-5H,6-9H2,1H3,(H,15,18,19). The summed E-state index contributed by atoms with van der Waals surface area (Å²) in [6.45, 7) is 2.22. The van der Waals surface area contributed by atoms with Crippen LogP contribution in [0.2, 0.25) is 0 Å². The summed E-state index contributed by atoms with van der Waals surface area (Å²) in [6.07, 6.45) is -0.768. The van der Waals surface area contributed by atoms with Gasteiger partial charge in [0.05, 0.1) is 7.11 Å². The molecule has 7 heteroatoms. The van der Waals surface area contributed by atoms with Crippen LogP contribution >= 0.6 is 0 Å². The van der Waals surface area contributed by atoms with Gasteiger partial charge in [0.15, 0.2) is 0 Å². The maximum atomic E-state index is 12.9. The number of nitrogens with one attached hydrogen (secondary N) is 1. The number of halogens is 1. The smallest absolute Gasteiger partial charge is 0.415 e. The quantitative estimate of drug-likeness (QED) is 0.845. The van der Waals surface area contributed by atoms with E-state index in [2.05, 4.69) is 15.0 Å². The van der Waals surface area contributed by atoms with Crippen LogP contribution in [0.15, 0.2) is 24.3 Å². The fourth-order valence-electron chi connectivity index (χ4n) is 2.04. The van der Waals surface area contributed by atoms with E-state index in [1.165, 1.54) is 24.1 Å². The number of anilines is 1. The Bertz CT molecular complexity index is 484. The average molecular weight is 281 g/mol. The third-order valence-electron chi connectivity index (χ3n) is 3.15. The number of piperazine rings is 1. The van der Waals surface area contributed by atoms with Crippen molar-refractivity contribution < 1.29 is 18.7 Å². The molecule has 1 saturated heterocycles. The molecule has 0 spiro atoms. The van der Waals surface area contributed by atoms with E-state index in [1.54, 1.807) is 12.1 Å². The number of ether oxygens (including phenoxy) is 1. The SMILES string of the molecule is COC(=O)NC(=O)N1CCN(c2ccc(F)cc2)CC1. The fourth-order valence-corrected chi connectivity index (χ4v) is 2.04. The normalized spacial score (nSPS) is 14.9. The molecule has 1 aromatic carbocycles. The number of alkyl carbamates (subject to hydrolysis) is 1. The molecule has 6 nitrogen and oxygen atoms in total. The minimum Gasteiger partial charge on any atom is -0.453 e. The van der Waals surface area contributed by atoms with Crippen LogP contribution < -0.4 is 10.2 Å². The molecule has 1 aromatic rings. The molecule has 0 bridgehead atoms. The number of urea groups is 1. The topological polar surface area (TPSA) is 61.9 Å². The molecular formula is C13H16FN3O3. The molecular weight excluding hydrogens is 265 g/mol. The second kappa shape index (κ2) is 6.23. The average Bonchev–Trinajstić information content (AvgIpc) is 2.48. The molecule has 0 saturated carbocycles. The van der Waals surface area contributed by atoms with Crippen molar-refractivity contribution in [3.05, 3.63) is 30.1 Å². The number of hydrogen-bond donors (Lipinski definition) is 1. The Morgan fingerprint density at radius 2 is 1.75 bits per heavy atom. The fraction of sp³-hybridized carbons (Fsp3) is 0.385. The van der Waals surface area contributed by atoms with Gasteiger partial charge in [0, 0.05) is 31.9 Å². The van der Waals surface area contributed by atoms with Crippen molar-refractivity contribution in [2.45, 2.75) is 0 Å². The molecule has 20 heavy (non-hydrogen) atoms. The number of carbonyl (C=O) groups excluding carboxylic acids is 2. The molecule has 0 radical (unpaired) electrons.